The summed E-state index contributed by atoms with van der Waals surface area (Å²) in [5.74, 6) is -0.979. The number of benzene rings is 2. The van der Waals surface area contributed by atoms with Crippen LogP contribution in [0.2, 0.25) is 0 Å². The summed E-state index contributed by atoms with van der Waals surface area (Å²) in [6, 6.07) is 13.2. The van der Waals surface area contributed by atoms with E-state index in [2.05, 4.69) is 5.32 Å². The van der Waals surface area contributed by atoms with Crippen LogP contribution in [0.15, 0.2) is 57.7 Å². The molecule has 28 heavy (non-hydrogen) atoms. The molecule has 0 spiro atoms. The molecule has 0 unspecified atom stereocenters. The molecule has 0 fully saturated rings. The van der Waals surface area contributed by atoms with Crippen molar-refractivity contribution in [3.8, 4) is 0 Å². The Balaban J connectivity index is 1.74. The zero-order chi connectivity index (χ0) is 20.1. The lowest BCUT2D eigenvalue weighted by atomic mass is 10.1. The standard InChI is InChI=1S/C22H21NO5/c1-3-4-11-27-21(25)15-6-8-17(9-7-15)23-20(24)18-13-16-12-14(2)5-10-19(16)28-22(18)26/h5-10,12-13H,3-4,11H2,1-2H3,(H,23,24). The fourth-order valence-corrected chi connectivity index (χ4v) is 2.68. The molecule has 0 aliphatic carbocycles. The second-order valence-corrected chi connectivity index (χ2v) is 6.51. The van der Waals surface area contributed by atoms with Crippen molar-refractivity contribution in [3.63, 3.8) is 0 Å². The number of unbranched alkanes of at least 4 members (excludes halogenated alkanes) is 1. The molecule has 1 amide bonds. The van der Waals surface area contributed by atoms with Crippen LogP contribution in [0.4, 0.5) is 5.69 Å². The molecule has 6 heteroatoms. The van der Waals surface area contributed by atoms with E-state index in [9.17, 15) is 14.4 Å². The largest absolute Gasteiger partial charge is 0.462 e. The van der Waals surface area contributed by atoms with Crippen LogP contribution in [0.1, 0.15) is 46.0 Å². The predicted molar refractivity (Wildman–Crippen MR) is 107 cm³/mol. The Morgan fingerprint density at radius 3 is 2.54 bits per heavy atom. The summed E-state index contributed by atoms with van der Waals surface area (Å²) in [6.45, 7) is 4.31. The van der Waals surface area contributed by atoms with E-state index < -0.39 is 17.5 Å². The monoisotopic (exact) mass is 379 g/mol. The molecule has 2 aromatic carbocycles. The maximum Gasteiger partial charge on any atom is 0.349 e. The lowest BCUT2D eigenvalue weighted by molar-refractivity contribution is 0.0499. The minimum atomic E-state index is -0.704. The van der Waals surface area contributed by atoms with Crippen LogP contribution in [0.5, 0.6) is 0 Å². The van der Waals surface area contributed by atoms with Crippen LogP contribution < -0.4 is 10.9 Å². The van der Waals surface area contributed by atoms with Gasteiger partial charge < -0.3 is 14.5 Å². The van der Waals surface area contributed by atoms with Crippen molar-refractivity contribution in [2.75, 3.05) is 11.9 Å². The van der Waals surface area contributed by atoms with Crippen molar-refractivity contribution in [2.24, 2.45) is 0 Å². The van der Waals surface area contributed by atoms with Crippen LogP contribution >= 0.6 is 0 Å². The number of fused-ring (bicyclic) bond motifs is 1. The first-order chi connectivity index (χ1) is 13.5. The van der Waals surface area contributed by atoms with Gasteiger partial charge in [-0.1, -0.05) is 25.0 Å². The van der Waals surface area contributed by atoms with E-state index in [4.69, 9.17) is 9.15 Å². The highest BCUT2D eigenvalue weighted by Gasteiger charge is 2.15. The topological polar surface area (TPSA) is 85.6 Å². The van der Waals surface area contributed by atoms with Crippen molar-refractivity contribution in [1.29, 1.82) is 0 Å². The van der Waals surface area contributed by atoms with Crippen LogP contribution in [0.25, 0.3) is 11.0 Å². The molecule has 0 saturated heterocycles. The first kappa shape index (κ1) is 19.4. The number of carbonyl (C=O) groups is 2. The van der Waals surface area contributed by atoms with Gasteiger partial charge in [-0.05, 0) is 55.8 Å². The smallest absolute Gasteiger partial charge is 0.349 e. The summed E-state index contributed by atoms with van der Waals surface area (Å²) in [5, 5.41) is 3.32. The van der Waals surface area contributed by atoms with E-state index in [1.807, 2.05) is 26.0 Å². The molecule has 0 bridgehead atoms. The van der Waals surface area contributed by atoms with Crippen molar-refractivity contribution < 1.29 is 18.7 Å². The molecule has 1 heterocycles. The summed E-state index contributed by atoms with van der Waals surface area (Å²) >= 11 is 0. The molecule has 6 nitrogen and oxygen atoms in total. The predicted octanol–water partition coefficient (Wildman–Crippen LogP) is 4.31. The molecule has 3 aromatic rings. The van der Waals surface area contributed by atoms with Crippen molar-refractivity contribution in [2.45, 2.75) is 26.7 Å². The molecule has 0 aliphatic heterocycles. The minimum absolute atomic E-state index is 0.0823. The molecule has 1 N–H and O–H groups in total. The fraction of sp³-hybridized carbons (Fsp3) is 0.227. The van der Waals surface area contributed by atoms with E-state index in [1.54, 1.807) is 30.3 Å². The fourth-order valence-electron chi connectivity index (χ4n) is 2.68. The zero-order valence-corrected chi connectivity index (χ0v) is 15.8. The van der Waals surface area contributed by atoms with Crippen LogP contribution in [0.3, 0.4) is 0 Å². The zero-order valence-electron chi connectivity index (χ0n) is 15.8. The normalized spacial score (nSPS) is 10.6. The Hall–Kier alpha value is -3.41. The number of nitrogens with one attached hydrogen (secondary N) is 1. The number of rotatable bonds is 6. The van der Waals surface area contributed by atoms with E-state index in [1.165, 1.54) is 6.07 Å². The third kappa shape index (κ3) is 4.46. The lowest BCUT2D eigenvalue weighted by Crippen LogP contribution is -2.20. The number of ether oxygens (including phenoxy) is 1. The van der Waals surface area contributed by atoms with Crippen molar-refractivity contribution in [1.82, 2.24) is 0 Å². The van der Waals surface area contributed by atoms with Gasteiger partial charge >= 0.3 is 11.6 Å². The molecule has 0 saturated carbocycles. The van der Waals surface area contributed by atoms with Gasteiger partial charge in [0.1, 0.15) is 11.1 Å². The molecule has 0 atom stereocenters. The van der Waals surface area contributed by atoms with E-state index in [0.717, 1.165) is 18.4 Å². The molecular weight excluding hydrogens is 358 g/mol. The number of carbonyl (C=O) groups excluding carboxylic acids is 2. The van der Waals surface area contributed by atoms with Gasteiger partial charge in [0.15, 0.2) is 0 Å². The van der Waals surface area contributed by atoms with Crippen molar-refractivity contribution in [3.05, 3.63) is 75.6 Å². The highest BCUT2D eigenvalue weighted by atomic mass is 16.5. The number of esters is 1. The SMILES string of the molecule is CCCCOC(=O)c1ccc(NC(=O)c2cc3cc(C)ccc3oc2=O)cc1. The highest BCUT2D eigenvalue weighted by molar-refractivity contribution is 6.05. The van der Waals surface area contributed by atoms with Gasteiger partial charge in [0.2, 0.25) is 0 Å². The molecule has 3 rings (SSSR count). The highest BCUT2D eigenvalue weighted by Crippen LogP contribution is 2.17. The van der Waals surface area contributed by atoms with Gasteiger partial charge in [0.05, 0.1) is 12.2 Å². The Bertz CT molecular complexity index is 1070. The van der Waals surface area contributed by atoms with Gasteiger partial charge in [-0.3, -0.25) is 4.79 Å². The maximum atomic E-state index is 12.5. The van der Waals surface area contributed by atoms with E-state index in [0.29, 0.717) is 28.8 Å². The Kier molecular flexibility index (Phi) is 5.89. The molecular formula is C22H21NO5. The van der Waals surface area contributed by atoms with E-state index >= 15 is 0 Å². The lowest BCUT2D eigenvalue weighted by Gasteiger charge is -2.07. The first-order valence-electron chi connectivity index (χ1n) is 9.11. The van der Waals surface area contributed by atoms with Gasteiger partial charge in [-0.15, -0.1) is 0 Å². The van der Waals surface area contributed by atoms with E-state index in [-0.39, 0.29) is 5.56 Å². The molecule has 1 aromatic heterocycles. The number of amides is 1. The Morgan fingerprint density at radius 1 is 1.07 bits per heavy atom. The summed E-state index contributed by atoms with van der Waals surface area (Å²) in [5.41, 5.74) is 1.49. The van der Waals surface area contributed by atoms with Gasteiger partial charge in [-0.2, -0.15) is 0 Å². The number of hydrogen-bond acceptors (Lipinski definition) is 5. The van der Waals surface area contributed by atoms with Crippen LogP contribution in [0, 0.1) is 6.92 Å². The third-order valence-corrected chi connectivity index (χ3v) is 4.24. The Labute approximate surface area is 162 Å². The van der Waals surface area contributed by atoms with Crippen LogP contribution in [-0.4, -0.2) is 18.5 Å². The summed E-state index contributed by atoms with van der Waals surface area (Å²) < 4.78 is 10.4. The van der Waals surface area contributed by atoms with Gasteiger partial charge in [0.25, 0.3) is 5.91 Å². The van der Waals surface area contributed by atoms with Gasteiger partial charge in [0, 0.05) is 11.1 Å². The summed E-state index contributed by atoms with van der Waals surface area (Å²) in [4.78, 5) is 36.5. The van der Waals surface area contributed by atoms with Gasteiger partial charge in [-0.25, -0.2) is 9.59 Å². The number of hydrogen-bond donors (Lipinski definition) is 1. The average Bonchev–Trinajstić information content (AvgIpc) is 2.68. The first-order valence-corrected chi connectivity index (χ1v) is 9.11. The summed E-state index contributed by atoms with van der Waals surface area (Å²) in [6.07, 6.45) is 1.76. The second-order valence-electron chi connectivity index (χ2n) is 6.51. The Morgan fingerprint density at radius 2 is 1.82 bits per heavy atom. The molecule has 144 valence electrons. The van der Waals surface area contributed by atoms with Crippen LogP contribution in [-0.2, 0) is 4.74 Å². The number of aryl methyl sites for hydroxylation is 1. The quantitative estimate of drug-likeness (QED) is 0.392. The second kappa shape index (κ2) is 8.52. The molecule has 0 aliphatic rings. The molecule has 0 radical (unpaired) electrons. The number of anilines is 1. The maximum absolute atomic E-state index is 12.5. The average molecular weight is 379 g/mol. The van der Waals surface area contributed by atoms with Crippen molar-refractivity contribution >= 4 is 28.5 Å². The third-order valence-electron chi connectivity index (χ3n) is 4.24. The summed E-state index contributed by atoms with van der Waals surface area (Å²) in [7, 11) is 0. The minimum Gasteiger partial charge on any atom is -0.462 e.